The summed E-state index contributed by atoms with van der Waals surface area (Å²) in [7, 11) is 0. The van der Waals surface area contributed by atoms with Crippen LogP contribution in [-0.2, 0) is 0 Å². The normalized spacial score (nSPS) is 16.6. The number of quaternary nitrogens is 3. The van der Waals surface area contributed by atoms with Gasteiger partial charge in [0.1, 0.15) is 0 Å². The van der Waals surface area contributed by atoms with Crippen molar-refractivity contribution in [1.29, 1.82) is 0 Å². The van der Waals surface area contributed by atoms with E-state index in [9.17, 15) is 15.6 Å². The predicted molar refractivity (Wildman–Crippen MR) is 60.4 cm³/mol. The van der Waals surface area contributed by atoms with Crippen molar-refractivity contribution < 1.29 is 31.3 Å². The molecule has 104 valence electrons. The molecular weight excluding hydrogens is 260 g/mol. The van der Waals surface area contributed by atoms with Crippen LogP contribution in [0.2, 0.25) is 0 Å². The molecule has 1 aromatic carbocycles. The Balaban J connectivity index is 2.78. The van der Waals surface area contributed by atoms with Crippen LogP contribution in [0.4, 0.5) is 17.1 Å². The summed E-state index contributed by atoms with van der Waals surface area (Å²) in [5, 5.41) is 56.3. The first kappa shape index (κ1) is 13.8. The van der Waals surface area contributed by atoms with Gasteiger partial charge in [0.2, 0.25) is 11.4 Å². The van der Waals surface area contributed by atoms with E-state index in [-0.39, 0.29) is 16.6 Å². The van der Waals surface area contributed by atoms with Gasteiger partial charge in [0.05, 0.1) is 16.6 Å². The van der Waals surface area contributed by atoms with Crippen LogP contribution < -0.4 is 15.7 Å². The van der Waals surface area contributed by atoms with E-state index < -0.39 is 27.1 Å². The Morgan fingerprint density at radius 3 is 1.95 bits per heavy atom. The fraction of sp³-hybridized carbons (Fsp3) is 0.111. The second-order valence-electron chi connectivity index (χ2n) is 3.98. The van der Waals surface area contributed by atoms with Crippen LogP contribution in [0.5, 0.6) is 0 Å². The summed E-state index contributed by atoms with van der Waals surface area (Å²) < 4.78 is 0. The summed E-state index contributed by atoms with van der Waals surface area (Å²) in [5.74, 6) is 0. The minimum atomic E-state index is -1.42. The van der Waals surface area contributed by atoms with Crippen molar-refractivity contribution in [2.24, 2.45) is 0 Å². The average molecular weight is 272 g/mol. The van der Waals surface area contributed by atoms with Gasteiger partial charge in [-0.15, -0.1) is 0 Å². The van der Waals surface area contributed by atoms with Gasteiger partial charge in [0, 0.05) is 12.1 Å². The van der Waals surface area contributed by atoms with Gasteiger partial charge < -0.3 is 20.6 Å². The number of benzene rings is 1. The summed E-state index contributed by atoms with van der Waals surface area (Å²) >= 11 is 0. The Hall–Kier alpha value is -1.60. The third-order valence-electron chi connectivity index (χ3n) is 2.80. The maximum absolute atomic E-state index is 11.1. The highest BCUT2D eigenvalue weighted by atomic mass is 16.8. The minimum Gasteiger partial charge on any atom is -0.595 e. The number of H-pyrrole nitrogens is 1. The second-order valence-corrected chi connectivity index (χ2v) is 3.98. The number of hydrogen-bond acceptors (Lipinski definition) is 6. The number of nitrogens with one attached hydrogen (secondary N) is 4. The molecule has 0 amide bonds. The molecule has 0 fully saturated rings. The molecule has 1 aromatic heterocycles. The van der Waals surface area contributed by atoms with E-state index >= 15 is 0 Å². The Morgan fingerprint density at radius 2 is 1.47 bits per heavy atom. The van der Waals surface area contributed by atoms with E-state index in [0.717, 1.165) is 12.1 Å². The SMILES string of the molecule is Cc1[nH]c2cc([NH+]([O-])O)c([NH+]([O-])O)cc2c1[NH+]([O-])O. The van der Waals surface area contributed by atoms with Crippen LogP contribution >= 0.6 is 0 Å². The quantitative estimate of drug-likeness (QED) is 0.311. The molecule has 0 radical (unpaired) electrons. The molecule has 2 rings (SSSR count). The summed E-state index contributed by atoms with van der Waals surface area (Å²) in [4.78, 5) is 2.73. The van der Waals surface area contributed by atoms with Gasteiger partial charge in [-0.25, -0.2) is 15.6 Å². The fourth-order valence-electron chi connectivity index (χ4n) is 2.01. The molecular formula is C9H12N4O6. The van der Waals surface area contributed by atoms with Crippen LogP contribution in [0, 0.1) is 22.5 Å². The molecule has 0 aliphatic heterocycles. The van der Waals surface area contributed by atoms with Gasteiger partial charge in [0.15, 0.2) is 5.69 Å². The van der Waals surface area contributed by atoms with E-state index in [1.54, 1.807) is 0 Å². The lowest BCUT2D eigenvalue weighted by Gasteiger charge is -2.19. The molecule has 7 N–H and O–H groups in total. The number of hydrogen-bond donors (Lipinski definition) is 7. The number of aromatic amines is 1. The van der Waals surface area contributed by atoms with Crippen LogP contribution in [0.25, 0.3) is 10.9 Å². The van der Waals surface area contributed by atoms with Gasteiger partial charge in [0.25, 0.3) is 0 Å². The first-order valence-electron chi connectivity index (χ1n) is 5.19. The van der Waals surface area contributed by atoms with Crippen molar-refractivity contribution in [1.82, 2.24) is 4.98 Å². The zero-order chi connectivity index (χ0) is 14.3. The smallest absolute Gasteiger partial charge is 0.230 e. The molecule has 0 bridgehead atoms. The Labute approximate surface area is 105 Å². The summed E-state index contributed by atoms with van der Waals surface area (Å²) in [5.41, 5.74) is -0.284. The lowest BCUT2D eigenvalue weighted by molar-refractivity contribution is -1.01. The second kappa shape index (κ2) is 4.82. The highest BCUT2D eigenvalue weighted by Gasteiger charge is 2.23. The minimum absolute atomic E-state index is 0.0607. The molecule has 19 heavy (non-hydrogen) atoms. The summed E-state index contributed by atoms with van der Waals surface area (Å²) in [6.45, 7) is 1.52. The highest BCUT2D eigenvalue weighted by Crippen LogP contribution is 2.29. The zero-order valence-electron chi connectivity index (χ0n) is 9.72. The molecule has 2 aromatic rings. The molecule has 3 atom stereocenters. The van der Waals surface area contributed by atoms with E-state index in [0.29, 0.717) is 5.69 Å². The van der Waals surface area contributed by atoms with E-state index in [1.165, 1.54) is 6.92 Å². The zero-order valence-corrected chi connectivity index (χ0v) is 9.72. The Kier molecular flexibility index (Phi) is 3.51. The van der Waals surface area contributed by atoms with Crippen molar-refractivity contribution in [3.63, 3.8) is 0 Å². The van der Waals surface area contributed by atoms with E-state index in [4.69, 9.17) is 15.6 Å². The summed E-state index contributed by atoms with van der Waals surface area (Å²) in [6.07, 6.45) is 0. The van der Waals surface area contributed by atoms with Crippen LogP contribution in [0.3, 0.4) is 0 Å². The molecule has 0 spiro atoms. The number of fused-ring (bicyclic) bond motifs is 1. The summed E-state index contributed by atoms with van der Waals surface area (Å²) in [6, 6.07) is 2.19. The van der Waals surface area contributed by atoms with Gasteiger partial charge >= 0.3 is 0 Å². The van der Waals surface area contributed by atoms with Gasteiger partial charge in [-0.3, -0.25) is 0 Å². The number of aromatic nitrogens is 1. The fourth-order valence-corrected chi connectivity index (χ4v) is 2.01. The first-order valence-corrected chi connectivity index (χ1v) is 5.19. The topological polar surface area (TPSA) is 159 Å². The maximum Gasteiger partial charge on any atom is 0.230 e. The molecule has 0 saturated heterocycles. The monoisotopic (exact) mass is 272 g/mol. The molecule has 0 aliphatic carbocycles. The standard InChI is InChI=1S/C9H12N4O6/c1-4-9(13(18)19)5-2-7(11(14)15)8(12(16)17)3-6(5)10-4/h2-3,10-14,16,18H,1H3. The lowest BCUT2D eigenvalue weighted by Crippen LogP contribution is -3.04. The van der Waals surface area contributed by atoms with E-state index in [1.807, 2.05) is 0 Å². The van der Waals surface area contributed by atoms with Crippen LogP contribution in [0.15, 0.2) is 12.1 Å². The molecule has 10 nitrogen and oxygen atoms in total. The van der Waals surface area contributed by atoms with Crippen molar-refractivity contribution in [3.8, 4) is 0 Å². The lowest BCUT2D eigenvalue weighted by atomic mass is 10.1. The van der Waals surface area contributed by atoms with E-state index in [2.05, 4.69) is 4.98 Å². The number of rotatable bonds is 3. The largest absolute Gasteiger partial charge is 0.595 e. The highest BCUT2D eigenvalue weighted by molar-refractivity contribution is 5.94. The van der Waals surface area contributed by atoms with Crippen LogP contribution in [-0.4, -0.2) is 20.6 Å². The van der Waals surface area contributed by atoms with Crippen molar-refractivity contribution in [3.05, 3.63) is 33.4 Å². The molecule has 0 saturated carbocycles. The Morgan fingerprint density at radius 1 is 0.947 bits per heavy atom. The van der Waals surface area contributed by atoms with Gasteiger partial charge in [-0.1, -0.05) is 0 Å². The third kappa shape index (κ3) is 2.31. The molecule has 0 aliphatic rings. The van der Waals surface area contributed by atoms with Gasteiger partial charge in [-0.05, 0) is 6.92 Å². The predicted octanol–water partition coefficient (Wildman–Crippen LogP) is -2.31. The first-order chi connectivity index (χ1) is 8.82. The molecule has 3 unspecified atom stereocenters. The number of aryl methyl sites for hydroxylation is 1. The van der Waals surface area contributed by atoms with Crippen molar-refractivity contribution >= 4 is 28.0 Å². The molecule has 10 heteroatoms. The third-order valence-corrected chi connectivity index (χ3v) is 2.80. The van der Waals surface area contributed by atoms with Gasteiger partial charge in [-0.2, -0.15) is 15.7 Å². The van der Waals surface area contributed by atoms with Crippen LogP contribution in [0.1, 0.15) is 5.69 Å². The average Bonchev–Trinajstić information content (AvgIpc) is 2.61. The van der Waals surface area contributed by atoms with Crippen molar-refractivity contribution in [2.45, 2.75) is 6.92 Å². The molecule has 1 heterocycles. The van der Waals surface area contributed by atoms with Crippen molar-refractivity contribution in [2.75, 3.05) is 0 Å². The Bertz CT molecular complexity index is 608. The maximum atomic E-state index is 11.1.